The van der Waals surface area contributed by atoms with E-state index in [9.17, 15) is 24.3 Å². The van der Waals surface area contributed by atoms with Gasteiger partial charge in [0.2, 0.25) is 30.8 Å². The molecule has 2 saturated heterocycles. The third kappa shape index (κ3) is 7.44. The molecular formula is C29H43N3O8. The summed E-state index contributed by atoms with van der Waals surface area (Å²) in [5.74, 6) is -0.647. The van der Waals surface area contributed by atoms with Crippen molar-refractivity contribution in [1.82, 2.24) is 14.7 Å². The first kappa shape index (κ1) is 31.2. The second-order valence-corrected chi connectivity index (χ2v) is 10.5. The van der Waals surface area contributed by atoms with Crippen LogP contribution in [-0.2, 0) is 19.2 Å². The minimum Gasteiger partial charge on any atom is -0.493 e. The van der Waals surface area contributed by atoms with Gasteiger partial charge in [-0.2, -0.15) is 0 Å². The zero-order chi connectivity index (χ0) is 29.2. The number of methoxy groups -OCH3 is 1. The topological polar surface area (TPSA) is 126 Å². The largest absolute Gasteiger partial charge is 0.493 e. The minimum absolute atomic E-state index is 0.0998. The molecule has 0 aromatic heterocycles. The number of imide groups is 1. The molecule has 1 N–H and O–H groups in total. The van der Waals surface area contributed by atoms with Crippen molar-refractivity contribution in [2.24, 2.45) is 5.92 Å². The van der Waals surface area contributed by atoms with E-state index in [0.717, 1.165) is 50.7 Å². The maximum absolute atomic E-state index is 12.2. The van der Waals surface area contributed by atoms with E-state index in [1.807, 2.05) is 22.9 Å². The third-order valence-corrected chi connectivity index (χ3v) is 7.84. The van der Waals surface area contributed by atoms with Gasteiger partial charge < -0.3 is 29.1 Å². The summed E-state index contributed by atoms with van der Waals surface area (Å²) in [7, 11) is 3.40. The molecule has 40 heavy (non-hydrogen) atoms. The number of carboxylic acid groups (broad SMARTS) is 1. The highest BCUT2D eigenvalue weighted by Gasteiger charge is 2.46. The maximum atomic E-state index is 12.2. The molecular weight excluding hydrogens is 518 g/mol. The highest BCUT2D eigenvalue weighted by Crippen LogP contribution is 2.46. The number of benzene rings is 1. The summed E-state index contributed by atoms with van der Waals surface area (Å²) < 4.78 is 16.3. The van der Waals surface area contributed by atoms with Crippen LogP contribution in [0.4, 0.5) is 0 Å². The molecule has 11 nitrogen and oxygen atoms in total. The van der Waals surface area contributed by atoms with E-state index in [1.54, 1.807) is 6.07 Å². The first-order valence-corrected chi connectivity index (χ1v) is 14.2. The lowest BCUT2D eigenvalue weighted by Crippen LogP contribution is -2.39. The molecule has 0 bridgehead atoms. The Kier molecular flexibility index (Phi) is 11.6. The second-order valence-electron chi connectivity index (χ2n) is 10.5. The smallest absolute Gasteiger partial charge is 0.308 e. The highest BCUT2D eigenvalue weighted by molar-refractivity contribution is 6.01. The number of rotatable bonds is 13. The lowest BCUT2D eigenvalue weighted by molar-refractivity contribution is -0.143. The van der Waals surface area contributed by atoms with E-state index in [4.69, 9.17) is 14.2 Å². The molecule has 3 aliphatic rings. The van der Waals surface area contributed by atoms with Crippen molar-refractivity contribution in [1.29, 1.82) is 0 Å². The molecule has 1 aromatic carbocycles. The van der Waals surface area contributed by atoms with E-state index in [2.05, 4.69) is 13.8 Å². The number of carbonyl (C=O) groups excluding carboxylic acids is 3. The van der Waals surface area contributed by atoms with Crippen LogP contribution < -0.4 is 14.2 Å². The number of amides is 3. The molecule has 222 valence electrons. The summed E-state index contributed by atoms with van der Waals surface area (Å²) in [6.07, 6.45) is 6.44. The van der Waals surface area contributed by atoms with Gasteiger partial charge in [0.15, 0.2) is 11.5 Å². The number of ether oxygens (including phenoxy) is 3. The van der Waals surface area contributed by atoms with Gasteiger partial charge in [-0.25, -0.2) is 0 Å². The molecule has 2 fully saturated rings. The van der Waals surface area contributed by atoms with Crippen LogP contribution in [0.2, 0.25) is 0 Å². The molecule has 3 unspecified atom stereocenters. The van der Waals surface area contributed by atoms with Gasteiger partial charge in [-0.05, 0) is 44.0 Å². The fourth-order valence-corrected chi connectivity index (χ4v) is 5.59. The molecule has 3 aliphatic heterocycles. The number of hydrogen-bond donors (Lipinski definition) is 1. The molecule has 0 saturated carbocycles. The second kappa shape index (κ2) is 14.9. The van der Waals surface area contributed by atoms with Crippen LogP contribution in [0.25, 0.3) is 0 Å². The standard InChI is InChI=1S/C20H24N2O7.C9H19NO/c1-21-9-12(11-7-14(27-2)19-15(8-11)28-10-29-19)18(20(25)26)13(21)5-6-22-16(23)3-4-17(22)24;1-3-5-7-10(9-11)8-6-4-2/h7-8,12-13,18H,3-6,9-10H2,1-2H3,(H,25,26);9H,3-8H2,1-2H3. The molecule has 11 heteroatoms. The first-order valence-electron chi connectivity index (χ1n) is 14.2. The summed E-state index contributed by atoms with van der Waals surface area (Å²) in [6.45, 7) is 7.02. The number of likely N-dealkylation sites (N-methyl/N-ethyl adjacent to an activating group) is 1. The maximum Gasteiger partial charge on any atom is 0.308 e. The van der Waals surface area contributed by atoms with Gasteiger partial charge in [0, 0.05) is 51.0 Å². The van der Waals surface area contributed by atoms with Crippen LogP contribution in [0.3, 0.4) is 0 Å². The number of aliphatic carboxylic acids is 1. The molecule has 1 aromatic rings. The average Bonchev–Trinajstić information content (AvgIpc) is 3.64. The Labute approximate surface area is 236 Å². The van der Waals surface area contributed by atoms with Gasteiger partial charge in [-0.3, -0.25) is 24.1 Å². The predicted molar refractivity (Wildman–Crippen MR) is 147 cm³/mol. The molecule has 3 amide bonds. The first-order chi connectivity index (χ1) is 19.2. The Balaban J connectivity index is 0.000000342. The van der Waals surface area contributed by atoms with Crippen LogP contribution in [0.15, 0.2) is 12.1 Å². The van der Waals surface area contributed by atoms with Crippen molar-refractivity contribution in [3.63, 3.8) is 0 Å². The van der Waals surface area contributed by atoms with Gasteiger partial charge in [-0.15, -0.1) is 0 Å². The summed E-state index contributed by atoms with van der Waals surface area (Å²) in [4.78, 5) is 51.5. The Bertz CT molecular complexity index is 1020. The number of carbonyl (C=O) groups is 4. The average molecular weight is 562 g/mol. The van der Waals surface area contributed by atoms with Crippen LogP contribution in [0.5, 0.6) is 17.2 Å². The summed E-state index contributed by atoms with van der Waals surface area (Å²) in [5, 5.41) is 9.99. The lowest BCUT2D eigenvalue weighted by atomic mass is 9.84. The van der Waals surface area contributed by atoms with Gasteiger partial charge in [0.05, 0.1) is 13.0 Å². The number of fused-ring (bicyclic) bond motifs is 1. The predicted octanol–water partition coefficient (Wildman–Crippen LogP) is 3.11. The molecule has 3 atom stereocenters. The molecule has 0 spiro atoms. The zero-order valence-electron chi connectivity index (χ0n) is 24.1. The normalized spacial score (nSPS) is 21.8. The third-order valence-electron chi connectivity index (χ3n) is 7.84. The minimum atomic E-state index is -0.903. The highest BCUT2D eigenvalue weighted by atomic mass is 16.7. The summed E-state index contributed by atoms with van der Waals surface area (Å²) in [5.41, 5.74) is 0.807. The van der Waals surface area contributed by atoms with Gasteiger partial charge in [0.25, 0.3) is 0 Å². The Morgan fingerprint density at radius 3 is 2.33 bits per heavy atom. The van der Waals surface area contributed by atoms with Gasteiger partial charge >= 0.3 is 5.97 Å². The van der Waals surface area contributed by atoms with Crippen molar-refractivity contribution in [2.45, 2.75) is 70.8 Å². The number of hydrogen-bond acceptors (Lipinski definition) is 8. The Morgan fingerprint density at radius 1 is 1.12 bits per heavy atom. The van der Waals surface area contributed by atoms with E-state index in [1.165, 1.54) is 12.0 Å². The summed E-state index contributed by atoms with van der Waals surface area (Å²) in [6, 6.07) is 3.32. The number of nitrogens with zero attached hydrogens (tertiary/aromatic N) is 3. The molecule has 4 rings (SSSR count). The fraction of sp³-hybridized carbons (Fsp3) is 0.655. The van der Waals surface area contributed by atoms with Crippen molar-refractivity contribution >= 4 is 24.2 Å². The van der Waals surface area contributed by atoms with E-state index in [0.29, 0.717) is 30.2 Å². The van der Waals surface area contributed by atoms with Gasteiger partial charge in [0.1, 0.15) is 0 Å². The van der Waals surface area contributed by atoms with Crippen LogP contribution >= 0.6 is 0 Å². The van der Waals surface area contributed by atoms with Crippen LogP contribution in [-0.4, -0.2) is 97.2 Å². The van der Waals surface area contributed by atoms with E-state index < -0.39 is 11.9 Å². The Hall–Kier alpha value is -3.34. The molecule has 0 aliphatic carbocycles. The molecule has 3 heterocycles. The number of likely N-dealkylation sites (tertiary alicyclic amines) is 2. The monoisotopic (exact) mass is 561 g/mol. The van der Waals surface area contributed by atoms with E-state index in [-0.39, 0.29) is 50.0 Å². The molecule has 0 radical (unpaired) electrons. The quantitative estimate of drug-likeness (QED) is 0.286. The van der Waals surface area contributed by atoms with Gasteiger partial charge in [-0.1, -0.05) is 26.7 Å². The van der Waals surface area contributed by atoms with Crippen molar-refractivity contribution in [2.75, 3.05) is 47.1 Å². The van der Waals surface area contributed by atoms with E-state index >= 15 is 0 Å². The summed E-state index contributed by atoms with van der Waals surface area (Å²) >= 11 is 0. The SMILES string of the molecule is CCCCN(C=O)CCCC.COc1cc(C2CN(C)C(CCN3C(=O)CCC3=O)C2C(=O)O)cc2c1OCO2. The Morgan fingerprint density at radius 2 is 1.77 bits per heavy atom. The van der Waals surface area contributed by atoms with Crippen LogP contribution in [0, 0.1) is 5.92 Å². The van der Waals surface area contributed by atoms with Crippen molar-refractivity contribution < 1.29 is 38.5 Å². The number of unbranched alkanes of at least 4 members (excludes halogenated alkanes) is 2. The van der Waals surface area contributed by atoms with Crippen molar-refractivity contribution in [3.05, 3.63) is 17.7 Å². The lowest BCUT2D eigenvalue weighted by Gasteiger charge is -2.25. The zero-order valence-corrected chi connectivity index (χ0v) is 24.1. The fourth-order valence-electron chi connectivity index (χ4n) is 5.59. The van der Waals surface area contributed by atoms with Crippen molar-refractivity contribution in [3.8, 4) is 17.2 Å². The number of carboxylic acids is 1. The van der Waals surface area contributed by atoms with Crippen LogP contribution in [0.1, 0.15) is 70.3 Å².